The zero-order valence-electron chi connectivity index (χ0n) is 29.1. The van der Waals surface area contributed by atoms with Crippen LogP contribution in [-0.2, 0) is 30.8 Å². The lowest BCUT2D eigenvalue weighted by Gasteiger charge is -2.43. The van der Waals surface area contributed by atoms with Crippen molar-refractivity contribution in [1.29, 1.82) is 0 Å². The van der Waals surface area contributed by atoms with E-state index in [2.05, 4.69) is 55.1 Å². The molecule has 11 heteroatoms. The van der Waals surface area contributed by atoms with E-state index in [1.807, 2.05) is 62.4 Å². The maximum absolute atomic E-state index is 14.4. The van der Waals surface area contributed by atoms with Crippen molar-refractivity contribution >= 4 is 24.6 Å². The molecule has 0 atom stereocenters. The van der Waals surface area contributed by atoms with Crippen LogP contribution in [0.1, 0.15) is 59.3 Å². The highest BCUT2D eigenvalue weighted by Crippen LogP contribution is 2.43. The lowest BCUT2D eigenvalue weighted by molar-refractivity contribution is -0.141. The van der Waals surface area contributed by atoms with Gasteiger partial charge in [0.05, 0.1) is 31.0 Å². The van der Waals surface area contributed by atoms with Gasteiger partial charge in [0.15, 0.2) is 5.69 Å². The van der Waals surface area contributed by atoms with E-state index in [-0.39, 0.29) is 59.7 Å². The minimum atomic E-state index is -4.74. The molecule has 0 saturated carbocycles. The summed E-state index contributed by atoms with van der Waals surface area (Å²) in [5, 5.41) is 5.55. The highest BCUT2D eigenvalue weighted by atomic mass is 28.4. The molecule has 7 nitrogen and oxygen atoms in total. The van der Waals surface area contributed by atoms with Crippen LogP contribution in [0.5, 0.6) is 5.75 Å². The molecule has 50 heavy (non-hydrogen) atoms. The second-order valence-electron chi connectivity index (χ2n) is 13.9. The summed E-state index contributed by atoms with van der Waals surface area (Å²) in [6.07, 6.45) is -3.42. The molecular weight excluding hydrogens is 658 g/mol. The van der Waals surface area contributed by atoms with E-state index in [0.717, 1.165) is 32.0 Å². The fourth-order valence-corrected chi connectivity index (χ4v) is 11.6. The number of hydrogen-bond acceptors (Lipinski definition) is 5. The number of ether oxygens (including phenoxy) is 1. The van der Waals surface area contributed by atoms with Crippen molar-refractivity contribution < 1.29 is 27.1 Å². The second-order valence-corrected chi connectivity index (χ2v) is 18.2. The number of carbonyl (C=O) groups is 1. The van der Waals surface area contributed by atoms with E-state index >= 15 is 0 Å². The molecule has 3 heterocycles. The van der Waals surface area contributed by atoms with E-state index in [1.165, 1.54) is 13.2 Å². The molecule has 0 bridgehead atoms. The minimum Gasteiger partial charge on any atom is -0.490 e. The summed E-state index contributed by atoms with van der Waals surface area (Å²) < 4.78 is 57.7. The Morgan fingerprint density at radius 3 is 2.08 bits per heavy atom. The van der Waals surface area contributed by atoms with Crippen LogP contribution < -0.4 is 15.1 Å². The van der Waals surface area contributed by atoms with E-state index in [1.54, 1.807) is 17.0 Å². The van der Waals surface area contributed by atoms with E-state index < -0.39 is 20.2 Å². The van der Waals surface area contributed by atoms with E-state index in [4.69, 9.17) is 9.16 Å². The van der Waals surface area contributed by atoms with Gasteiger partial charge in [0.2, 0.25) is 0 Å². The number of benzene rings is 3. The summed E-state index contributed by atoms with van der Waals surface area (Å²) in [4.78, 5) is 20.6. The van der Waals surface area contributed by atoms with Gasteiger partial charge in [-0.1, -0.05) is 81.4 Å². The van der Waals surface area contributed by atoms with Gasteiger partial charge in [-0.3, -0.25) is 14.5 Å². The predicted molar refractivity (Wildman–Crippen MR) is 190 cm³/mol. The number of rotatable bonds is 8. The van der Waals surface area contributed by atoms with Crippen LogP contribution in [-0.4, -0.2) is 47.0 Å². The molecule has 260 valence electrons. The van der Waals surface area contributed by atoms with Gasteiger partial charge in [0.25, 0.3) is 14.2 Å². The number of amides is 1. The van der Waals surface area contributed by atoms with Crippen LogP contribution in [0.15, 0.2) is 91.1 Å². The minimum absolute atomic E-state index is 0.0427. The number of halogens is 3. The SMILES string of the molecule is Cc1cc(C)nc(CN2CCOc3c(cc(CO[Si](c4ccccc4)(c4ccccc4)C(C)(C)C)cc3-c3cn(C)nc3C(F)(F)F)C2=O)c1. The lowest BCUT2D eigenvalue weighted by Crippen LogP contribution is -2.66. The molecule has 0 N–H and O–H groups in total. The number of fused-ring (bicyclic) bond motifs is 1. The van der Waals surface area contributed by atoms with Crippen LogP contribution in [0.4, 0.5) is 13.2 Å². The molecule has 6 rings (SSSR count). The van der Waals surface area contributed by atoms with Crippen molar-refractivity contribution in [2.75, 3.05) is 13.2 Å². The highest BCUT2D eigenvalue weighted by molar-refractivity contribution is 6.99. The van der Waals surface area contributed by atoms with E-state index in [0.29, 0.717) is 5.56 Å². The quantitative estimate of drug-likeness (QED) is 0.160. The lowest BCUT2D eigenvalue weighted by atomic mass is 9.97. The molecule has 5 aromatic rings. The average Bonchev–Trinajstić information content (AvgIpc) is 3.39. The average molecular weight is 699 g/mol. The van der Waals surface area contributed by atoms with Gasteiger partial charge in [0, 0.05) is 30.1 Å². The molecule has 1 aliphatic heterocycles. The fraction of sp³-hybridized carbons (Fsp3) is 0.308. The molecule has 0 aliphatic carbocycles. The summed E-state index contributed by atoms with van der Waals surface area (Å²) in [6, 6.07) is 27.5. The Labute approximate surface area is 291 Å². The highest BCUT2D eigenvalue weighted by Gasteiger charge is 2.50. The van der Waals surface area contributed by atoms with Crippen molar-refractivity contribution in [3.05, 3.63) is 125 Å². The number of carbonyl (C=O) groups excluding carboxylic acids is 1. The summed E-state index contributed by atoms with van der Waals surface area (Å²) in [7, 11) is -1.59. The predicted octanol–water partition coefficient (Wildman–Crippen LogP) is 7.23. The Kier molecular flexibility index (Phi) is 9.49. The van der Waals surface area contributed by atoms with Crippen molar-refractivity contribution in [3.8, 4) is 16.9 Å². The van der Waals surface area contributed by atoms with Gasteiger partial charge in [-0.2, -0.15) is 18.3 Å². The van der Waals surface area contributed by atoms with Crippen LogP contribution in [0.3, 0.4) is 0 Å². The number of pyridine rings is 1. The third kappa shape index (κ3) is 6.84. The van der Waals surface area contributed by atoms with Crippen LogP contribution in [0.2, 0.25) is 5.04 Å². The summed E-state index contributed by atoms with van der Waals surface area (Å²) in [5.41, 5.74) is 2.22. The normalized spacial score (nSPS) is 13.9. The largest absolute Gasteiger partial charge is 0.490 e. The first-order chi connectivity index (χ1) is 23.7. The molecular formula is C39H41F3N4O3Si. The molecule has 1 amide bonds. The van der Waals surface area contributed by atoms with E-state index in [9.17, 15) is 18.0 Å². The first kappa shape index (κ1) is 35.1. The van der Waals surface area contributed by atoms with Crippen molar-refractivity contribution in [1.82, 2.24) is 19.7 Å². The van der Waals surface area contributed by atoms with Crippen molar-refractivity contribution in [2.45, 2.75) is 59.0 Å². The van der Waals surface area contributed by atoms with Crippen molar-refractivity contribution in [3.63, 3.8) is 0 Å². The Morgan fingerprint density at radius 2 is 1.50 bits per heavy atom. The number of aryl methyl sites for hydroxylation is 3. The maximum atomic E-state index is 14.4. The van der Waals surface area contributed by atoms with Gasteiger partial charge in [-0.05, 0) is 64.7 Å². The molecule has 0 fully saturated rings. The molecule has 1 aliphatic rings. The first-order valence-electron chi connectivity index (χ1n) is 16.6. The monoisotopic (exact) mass is 698 g/mol. The Hall–Kier alpha value is -4.74. The van der Waals surface area contributed by atoms with Crippen molar-refractivity contribution in [2.24, 2.45) is 7.05 Å². The number of nitrogens with zero attached hydrogens (tertiary/aromatic N) is 4. The number of hydrogen-bond donors (Lipinski definition) is 0. The zero-order chi connectivity index (χ0) is 35.8. The van der Waals surface area contributed by atoms with Crippen LogP contribution in [0.25, 0.3) is 11.1 Å². The molecule has 2 aromatic heterocycles. The smallest absolute Gasteiger partial charge is 0.435 e. The Balaban J connectivity index is 1.50. The van der Waals surface area contributed by atoms with Crippen LogP contribution >= 0.6 is 0 Å². The summed E-state index contributed by atoms with van der Waals surface area (Å²) >= 11 is 0. The molecule has 3 aromatic carbocycles. The number of aromatic nitrogens is 3. The molecule has 0 saturated heterocycles. The number of alkyl halides is 3. The molecule has 0 unspecified atom stereocenters. The van der Waals surface area contributed by atoms with Gasteiger partial charge in [0.1, 0.15) is 12.4 Å². The Morgan fingerprint density at radius 1 is 0.880 bits per heavy atom. The van der Waals surface area contributed by atoms with Gasteiger partial charge >= 0.3 is 6.18 Å². The fourth-order valence-electron chi connectivity index (χ4n) is 7.02. The van der Waals surface area contributed by atoms with Gasteiger partial charge < -0.3 is 14.1 Å². The topological polar surface area (TPSA) is 69.5 Å². The zero-order valence-corrected chi connectivity index (χ0v) is 30.1. The molecule has 0 spiro atoms. The molecule has 0 radical (unpaired) electrons. The Bertz CT molecular complexity index is 1950. The third-order valence-corrected chi connectivity index (χ3v) is 14.0. The summed E-state index contributed by atoms with van der Waals surface area (Å²) in [5.74, 6) is -0.261. The standard InChI is InChI=1S/C39H41F3N4O3Si/c1-26-19-27(2)43-29(20-26)23-46-17-18-48-35-32(34-24-45(6)44-36(34)39(40,41)42)21-28(22-33(35)37(46)47)25-49-50(38(3,4)5,30-13-9-7-10-14-30)31-15-11-8-12-16-31/h7-16,19-22,24H,17-18,23,25H2,1-6H3. The second kappa shape index (κ2) is 13.5. The maximum Gasteiger partial charge on any atom is 0.435 e. The third-order valence-electron chi connectivity index (χ3n) is 9.04. The first-order valence-corrected chi connectivity index (χ1v) is 18.5. The van der Waals surface area contributed by atoms with Gasteiger partial charge in [-0.25, -0.2) is 0 Å². The van der Waals surface area contributed by atoms with Gasteiger partial charge in [-0.15, -0.1) is 0 Å². The van der Waals surface area contributed by atoms with Crippen LogP contribution in [0, 0.1) is 13.8 Å². The summed E-state index contributed by atoms with van der Waals surface area (Å²) in [6.45, 7) is 10.9.